The topological polar surface area (TPSA) is 60.3 Å². The molecule has 4 rings (SSSR count). The summed E-state index contributed by atoms with van der Waals surface area (Å²) in [4.78, 5) is 25.8. The fraction of sp³-hybridized carbons (Fsp3) is 0.317. The normalized spacial score (nSPS) is 11.7. The highest BCUT2D eigenvalue weighted by Gasteiger charge is 2.18. The maximum absolute atomic E-state index is 13.1. The molecular formula is C41H50N2O3. The Morgan fingerprint density at radius 1 is 0.913 bits per heavy atom. The molecule has 46 heavy (non-hydrogen) atoms. The second-order valence-electron chi connectivity index (χ2n) is 11.7. The molecule has 0 atom stereocenters. The van der Waals surface area contributed by atoms with E-state index in [4.69, 9.17) is 4.74 Å². The number of aryl methyl sites for hydroxylation is 1. The summed E-state index contributed by atoms with van der Waals surface area (Å²) in [6.45, 7) is 22.1. The van der Waals surface area contributed by atoms with Crippen LogP contribution in [-0.2, 0) is 22.6 Å². The molecule has 1 amide bonds. The number of unbranched alkanes of at least 4 members (excludes halogenated alkanes) is 1. The Bertz CT molecular complexity index is 1700. The van der Waals surface area contributed by atoms with Gasteiger partial charge in [0.25, 0.3) is 5.91 Å². The highest BCUT2D eigenvalue weighted by atomic mass is 16.5. The Morgan fingerprint density at radius 2 is 1.61 bits per heavy atom. The minimum Gasteiger partial charge on any atom is -0.462 e. The molecule has 0 fully saturated rings. The van der Waals surface area contributed by atoms with Gasteiger partial charge in [-0.3, -0.25) is 4.79 Å². The van der Waals surface area contributed by atoms with Crippen LogP contribution < -0.4 is 5.32 Å². The van der Waals surface area contributed by atoms with Gasteiger partial charge >= 0.3 is 5.97 Å². The largest absolute Gasteiger partial charge is 0.462 e. The lowest BCUT2D eigenvalue weighted by molar-refractivity contribution is -0.138. The third kappa shape index (κ3) is 8.54. The minimum absolute atomic E-state index is 0.0724. The lowest BCUT2D eigenvalue weighted by Crippen LogP contribution is -2.22. The molecule has 3 aromatic carbocycles. The molecule has 1 N–H and O–H groups in total. The number of nitrogens with zero attached hydrogens (tertiary/aromatic N) is 1. The van der Waals surface area contributed by atoms with Crippen LogP contribution in [0.4, 0.5) is 0 Å². The van der Waals surface area contributed by atoms with E-state index in [-0.39, 0.29) is 11.9 Å². The van der Waals surface area contributed by atoms with Crippen molar-refractivity contribution >= 4 is 28.4 Å². The summed E-state index contributed by atoms with van der Waals surface area (Å²) in [5, 5.41) is 4.18. The van der Waals surface area contributed by atoms with Gasteiger partial charge in [-0.25, -0.2) is 4.79 Å². The predicted molar refractivity (Wildman–Crippen MR) is 193 cm³/mol. The molecule has 0 saturated heterocycles. The molecule has 4 aromatic rings. The summed E-state index contributed by atoms with van der Waals surface area (Å²) in [6.07, 6.45) is 5.64. The van der Waals surface area contributed by atoms with Crippen molar-refractivity contribution in [3.63, 3.8) is 0 Å². The summed E-state index contributed by atoms with van der Waals surface area (Å²) in [7, 11) is 0. The first-order chi connectivity index (χ1) is 22.2. The van der Waals surface area contributed by atoms with Gasteiger partial charge in [0.05, 0.1) is 12.2 Å². The molecule has 5 heteroatoms. The molecule has 0 saturated carbocycles. The van der Waals surface area contributed by atoms with Crippen LogP contribution in [0.1, 0.15) is 97.2 Å². The molecule has 0 aliphatic rings. The van der Waals surface area contributed by atoms with Crippen LogP contribution in [0.25, 0.3) is 16.5 Å². The zero-order valence-electron chi connectivity index (χ0n) is 28.7. The number of hydrogen-bond donors (Lipinski definition) is 1. The molecule has 5 nitrogen and oxygen atoms in total. The van der Waals surface area contributed by atoms with Crippen molar-refractivity contribution in [1.82, 2.24) is 9.88 Å². The number of carbonyl (C=O) groups is 2. The number of benzene rings is 3. The van der Waals surface area contributed by atoms with Crippen molar-refractivity contribution in [1.29, 1.82) is 0 Å². The maximum Gasteiger partial charge on any atom is 0.338 e. The van der Waals surface area contributed by atoms with Gasteiger partial charge in [0, 0.05) is 35.2 Å². The van der Waals surface area contributed by atoms with Gasteiger partial charge in [-0.2, -0.15) is 0 Å². The van der Waals surface area contributed by atoms with E-state index in [0.29, 0.717) is 36.8 Å². The standard InChI is InChI=1S/C39H46N2O3.C2H4/c1-8-11-21-44-39(43)35(10-3)34(9-2)31-17-15-29(16-18-31)25-41-28(7)27(6)36-23-33(19-20-37(36)41)38(42)40-24-30-13-12-14-32(22-30)26(4)5;1-2/h9-10,12-20,22-23,26H,8,11,21,24-25H2,1-7H3,(H,40,42);1-2H2/b34-9-,35-10+;. The van der Waals surface area contributed by atoms with Crippen LogP contribution in [0.5, 0.6) is 0 Å². The van der Waals surface area contributed by atoms with Crippen molar-refractivity contribution in [2.45, 2.75) is 80.3 Å². The number of aromatic nitrogens is 1. The Morgan fingerprint density at radius 3 is 2.24 bits per heavy atom. The summed E-state index contributed by atoms with van der Waals surface area (Å²) >= 11 is 0. The summed E-state index contributed by atoms with van der Waals surface area (Å²) in [5.74, 6) is 0.0945. The second-order valence-corrected chi connectivity index (χ2v) is 11.7. The van der Waals surface area contributed by atoms with E-state index in [2.05, 4.69) is 112 Å². The van der Waals surface area contributed by atoms with Crippen LogP contribution in [0.15, 0.2) is 97.6 Å². The fourth-order valence-electron chi connectivity index (χ4n) is 5.56. The zero-order chi connectivity index (χ0) is 33.8. The van der Waals surface area contributed by atoms with Gasteiger partial charge in [0.1, 0.15) is 0 Å². The van der Waals surface area contributed by atoms with E-state index in [1.54, 1.807) is 0 Å². The van der Waals surface area contributed by atoms with Crippen molar-refractivity contribution in [3.05, 3.63) is 137 Å². The van der Waals surface area contributed by atoms with E-state index in [9.17, 15) is 9.59 Å². The summed E-state index contributed by atoms with van der Waals surface area (Å²) in [6, 6.07) is 22.7. The van der Waals surface area contributed by atoms with E-state index >= 15 is 0 Å². The van der Waals surface area contributed by atoms with Crippen LogP contribution in [-0.4, -0.2) is 23.1 Å². The van der Waals surface area contributed by atoms with Gasteiger partial charge < -0.3 is 14.6 Å². The number of allylic oxidation sites excluding steroid dienone is 2. The number of carbonyl (C=O) groups excluding carboxylic acids is 2. The highest BCUT2D eigenvalue weighted by Crippen LogP contribution is 2.29. The molecule has 1 aromatic heterocycles. The van der Waals surface area contributed by atoms with Gasteiger partial charge in [-0.15, -0.1) is 13.2 Å². The van der Waals surface area contributed by atoms with E-state index in [1.807, 2.05) is 38.1 Å². The molecule has 0 bridgehead atoms. The lowest BCUT2D eigenvalue weighted by atomic mass is 9.96. The highest BCUT2D eigenvalue weighted by molar-refractivity contribution is 6.06. The molecule has 1 heterocycles. The number of amides is 1. The molecule has 0 unspecified atom stereocenters. The Balaban J connectivity index is 0.00000282. The van der Waals surface area contributed by atoms with Crippen LogP contribution in [0, 0.1) is 13.8 Å². The third-order valence-corrected chi connectivity index (χ3v) is 8.40. The minimum atomic E-state index is -0.281. The van der Waals surface area contributed by atoms with Gasteiger partial charge in [0.2, 0.25) is 0 Å². The van der Waals surface area contributed by atoms with Crippen LogP contribution >= 0.6 is 0 Å². The average molecular weight is 619 g/mol. The number of nitrogens with one attached hydrogen (secondary N) is 1. The predicted octanol–water partition coefficient (Wildman–Crippen LogP) is 9.85. The number of esters is 1. The fourth-order valence-corrected chi connectivity index (χ4v) is 5.56. The van der Waals surface area contributed by atoms with Crippen LogP contribution in [0.2, 0.25) is 0 Å². The molecular weight excluding hydrogens is 568 g/mol. The number of rotatable bonds is 12. The monoisotopic (exact) mass is 618 g/mol. The molecule has 242 valence electrons. The molecule has 0 aliphatic heterocycles. The lowest BCUT2D eigenvalue weighted by Gasteiger charge is -2.14. The molecule has 0 aliphatic carbocycles. The quantitative estimate of drug-likeness (QED) is 0.0565. The first-order valence-electron chi connectivity index (χ1n) is 16.2. The molecule has 0 spiro atoms. The maximum atomic E-state index is 13.1. The summed E-state index contributed by atoms with van der Waals surface area (Å²) in [5.41, 5.74) is 10.1. The number of ether oxygens (including phenoxy) is 1. The first-order valence-corrected chi connectivity index (χ1v) is 16.2. The number of hydrogen-bond acceptors (Lipinski definition) is 3. The smallest absolute Gasteiger partial charge is 0.338 e. The molecule has 0 radical (unpaired) electrons. The SMILES string of the molecule is C/C=C(\C(=C/C)C(=O)OCCCC)c1ccc(Cn2c(C)c(C)c3cc(C(=O)NCc4cccc(C(C)C)c4)ccc32)cc1.C=C. The van der Waals surface area contributed by atoms with Crippen molar-refractivity contribution in [2.75, 3.05) is 6.61 Å². The van der Waals surface area contributed by atoms with E-state index in [0.717, 1.165) is 46.0 Å². The first kappa shape index (κ1) is 35.8. The van der Waals surface area contributed by atoms with E-state index in [1.165, 1.54) is 16.8 Å². The van der Waals surface area contributed by atoms with Crippen molar-refractivity contribution in [2.24, 2.45) is 0 Å². The number of fused-ring (bicyclic) bond motifs is 1. The van der Waals surface area contributed by atoms with Gasteiger partial charge in [-0.05, 0) is 91.6 Å². The third-order valence-electron chi connectivity index (χ3n) is 8.40. The van der Waals surface area contributed by atoms with Crippen LogP contribution in [0.3, 0.4) is 0 Å². The summed E-state index contributed by atoms with van der Waals surface area (Å²) < 4.78 is 7.79. The van der Waals surface area contributed by atoms with Gasteiger partial charge in [-0.1, -0.05) is 87.9 Å². The Kier molecular flexibility index (Phi) is 13.4. The Labute approximate surface area is 275 Å². The zero-order valence-corrected chi connectivity index (χ0v) is 28.7. The van der Waals surface area contributed by atoms with Gasteiger partial charge in [0.15, 0.2) is 0 Å². The van der Waals surface area contributed by atoms with Crippen molar-refractivity contribution < 1.29 is 14.3 Å². The second kappa shape index (κ2) is 17.2. The van der Waals surface area contributed by atoms with Crippen molar-refractivity contribution in [3.8, 4) is 0 Å². The average Bonchev–Trinajstić information content (AvgIpc) is 3.31. The Hall–Kier alpha value is -4.64. The van der Waals surface area contributed by atoms with E-state index < -0.39 is 0 Å².